The lowest BCUT2D eigenvalue weighted by Gasteiger charge is -2.24. The molecule has 1 atom stereocenters. The van der Waals surface area contributed by atoms with Crippen molar-refractivity contribution in [3.05, 3.63) is 12.4 Å². The van der Waals surface area contributed by atoms with Gasteiger partial charge in [-0.1, -0.05) is 6.92 Å². The van der Waals surface area contributed by atoms with E-state index in [-0.39, 0.29) is 6.10 Å². The predicted octanol–water partition coefficient (Wildman–Crippen LogP) is 1.70. The van der Waals surface area contributed by atoms with Gasteiger partial charge in [0.15, 0.2) is 5.82 Å². The molecular weight excluding hydrogens is 240 g/mol. The summed E-state index contributed by atoms with van der Waals surface area (Å²) in [5.41, 5.74) is 0.311. The van der Waals surface area contributed by atoms with Gasteiger partial charge in [0.25, 0.3) is 0 Å². The molecule has 0 spiro atoms. The van der Waals surface area contributed by atoms with Gasteiger partial charge in [-0.15, -0.1) is 0 Å². The largest absolute Gasteiger partial charge is 0.474 e. The highest BCUT2D eigenvalue weighted by Crippen LogP contribution is 2.32. The highest BCUT2D eigenvalue weighted by Gasteiger charge is 2.33. The summed E-state index contributed by atoms with van der Waals surface area (Å²) in [4.78, 5) is 11.1. The summed E-state index contributed by atoms with van der Waals surface area (Å²) in [6.07, 6.45) is 4.79. The molecule has 5 heteroatoms. The van der Waals surface area contributed by atoms with E-state index in [2.05, 4.69) is 27.1 Å². The number of hydrogen-bond donors (Lipinski definition) is 1. The Balaban J connectivity index is 2.07. The molecule has 19 heavy (non-hydrogen) atoms. The van der Waals surface area contributed by atoms with Crippen molar-refractivity contribution in [2.24, 2.45) is 5.41 Å². The van der Waals surface area contributed by atoms with Gasteiger partial charge in [0.05, 0.1) is 18.5 Å². The number of nitrogens with one attached hydrogen (secondary N) is 1. The molecule has 0 saturated carbocycles. The van der Waals surface area contributed by atoms with E-state index in [4.69, 9.17) is 4.74 Å². The van der Waals surface area contributed by atoms with Crippen molar-refractivity contribution in [1.82, 2.24) is 15.3 Å². The lowest BCUT2D eigenvalue weighted by atomic mass is 9.90. The standard InChI is InChI=1S/C14H24N4O/c1-11(2)19-13-8-16-7-12(17-13)18-6-5-14(3,10-18)9-15-4/h7-8,11,15H,5-6,9-10H2,1-4H3. The first kappa shape index (κ1) is 14.1. The average Bonchev–Trinajstić information content (AvgIpc) is 2.72. The van der Waals surface area contributed by atoms with Crippen LogP contribution in [0.25, 0.3) is 0 Å². The van der Waals surface area contributed by atoms with E-state index in [0.29, 0.717) is 11.3 Å². The first-order valence-electron chi connectivity index (χ1n) is 6.91. The van der Waals surface area contributed by atoms with Gasteiger partial charge >= 0.3 is 0 Å². The maximum absolute atomic E-state index is 5.60. The summed E-state index contributed by atoms with van der Waals surface area (Å²) in [5, 5.41) is 3.27. The Labute approximate surface area is 115 Å². The summed E-state index contributed by atoms with van der Waals surface area (Å²) in [7, 11) is 2.00. The highest BCUT2D eigenvalue weighted by atomic mass is 16.5. The number of ether oxygens (including phenoxy) is 1. The van der Waals surface area contributed by atoms with Crippen LogP contribution in [0.4, 0.5) is 5.82 Å². The lowest BCUT2D eigenvalue weighted by molar-refractivity contribution is 0.231. The van der Waals surface area contributed by atoms with E-state index in [1.165, 1.54) is 6.42 Å². The van der Waals surface area contributed by atoms with Crippen molar-refractivity contribution < 1.29 is 4.74 Å². The van der Waals surface area contributed by atoms with Crippen molar-refractivity contribution in [3.8, 4) is 5.88 Å². The number of anilines is 1. The molecule has 1 saturated heterocycles. The van der Waals surface area contributed by atoms with E-state index in [9.17, 15) is 0 Å². The zero-order chi connectivity index (χ0) is 13.9. The Hall–Kier alpha value is -1.36. The maximum Gasteiger partial charge on any atom is 0.234 e. The molecule has 2 rings (SSSR count). The van der Waals surface area contributed by atoms with Crippen LogP contribution in [0.3, 0.4) is 0 Å². The van der Waals surface area contributed by atoms with Crippen molar-refractivity contribution in [2.75, 3.05) is 31.6 Å². The molecule has 0 radical (unpaired) electrons. The molecule has 1 aromatic rings. The molecule has 1 aromatic heterocycles. The molecule has 0 bridgehead atoms. The van der Waals surface area contributed by atoms with Gasteiger partial charge in [0.2, 0.25) is 5.88 Å². The van der Waals surface area contributed by atoms with Gasteiger partial charge in [0, 0.05) is 19.6 Å². The molecule has 106 valence electrons. The number of aromatic nitrogens is 2. The number of rotatable bonds is 5. The Morgan fingerprint density at radius 1 is 1.47 bits per heavy atom. The van der Waals surface area contributed by atoms with Gasteiger partial charge in [-0.05, 0) is 32.7 Å². The minimum Gasteiger partial charge on any atom is -0.474 e. The van der Waals surface area contributed by atoms with Gasteiger partial charge in [-0.2, -0.15) is 4.98 Å². The van der Waals surface area contributed by atoms with Crippen LogP contribution in [0.1, 0.15) is 27.2 Å². The second-order valence-electron chi connectivity index (χ2n) is 5.89. The topological polar surface area (TPSA) is 50.3 Å². The molecule has 0 amide bonds. The third kappa shape index (κ3) is 3.56. The SMILES string of the molecule is CNCC1(C)CCN(c2cncc(OC(C)C)n2)C1. The molecule has 5 nitrogen and oxygen atoms in total. The molecule has 0 aliphatic carbocycles. The predicted molar refractivity (Wildman–Crippen MR) is 76.7 cm³/mol. The van der Waals surface area contributed by atoms with Crippen LogP contribution < -0.4 is 15.0 Å². The van der Waals surface area contributed by atoms with Crippen LogP contribution in [-0.2, 0) is 0 Å². The minimum absolute atomic E-state index is 0.123. The smallest absolute Gasteiger partial charge is 0.234 e. The molecule has 1 fully saturated rings. The fraction of sp³-hybridized carbons (Fsp3) is 0.714. The number of hydrogen-bond acceptors (Lipinski definition) is 5. The lowest BCUT2D eigenvalue weighted by Crippen LogP contribution is -2.33. The second-order valence-corrected chi connectivity index (χ2v) is 5.89. The molecule has 1 aliphatic heterocycles. The van der Waals surface area contributed by atoms with Gasteiger partial charge in [0.1, 0.15) is 0 Å². The summed E-state index contributed by atoms with van der Waals surface area (Å²) in [6.45, 7) is 9.36. The molecule has 1 unspecified atom stereocenters. The van der Waals surface area contributed by atoms with Crippen LogP contribution in [0.2, 0.25) is 0 Å². The Morgan fingerprint density at radius 3 is 2.95 bits per heavy atom. The van der Waals surface area contributed by atoms with Crippen LogP contribution >= 0.6 is 0 Å². The zero-order valence-corrected chi connectivity index (χ0v) is 12.3. The normalized spacial score (nSPS) is 23.1. The second kappa shape index (κ2) is 5.74. The first-order valence-corrected chi connectivity index (χ1v) is 6.91. The molecule has 1 aliphatic rings. The van der Waals surface area contributed by atoms with Crippen LogP contribution in [-0.4, -0.2) is 42.8 Å². The Morgan fingerprint density at radius 2 is 2.26 bits per heavy atom. The average molecular weight is 264 g/mol. The molecule has 2 heterocycles. The zero-order valence-electron chi connectivity index (χ0n) is 12.3. The Bertz CT molecular complexity index is 424. The third-order valence-electron chi connectivity index (χ3n) is 3.44. The maximum atomic E-state index is 5.60. The van der Waals surface area contributed by atoms with E-state index in [0.717, 1.165) is 25.5 Å². The summed E-state index contributed by atoms with van der Waals surface area (Å²) < 4.78 is 5.60. The van der Waals surface area contributed by atoms with Gasteiger partial charge in [-0.25, -0.2) is 0 Å². The van der Waals surface area contributed by atoms with Crippen molar-refractivity contribution >= 4 is 5.82 Å². The van der Waals surface area contributed by atoms with Crippen LogP contribution in [0, 0.1) is 5.41 Å². The van der Waals surface area contributed by atoms with E-state index in [1.807, 2.05) is 27.1 Å². The van der Waals surface area contributed by atoms with Crippen molar-refractivity contribution in [2.45, 2.75) is 33.3 Å². The summed E-state index contributed by atoms with van der Waals surface area (Å²) >= 11 is 0. The van der Waals surface area contributed by atoms with E-state index < -0.39 is 0 Å². The third-order valence-corrected chi connectivity index (χ3v) is 3.44. The minimum atomic E-state index is 0.123. The van der Waals surface area contributed by atoms with E-state index >= 15 is 0 Å². The van der Waals surface area contributed by atoms with Gasteiger partial charge in [-0.3, -0.25) is 4.98 Å². The van der Waals surface area contributed by atoms with Gasteiger partial charge < -0.3 is 15.0 Å². The fourth-order valence-corrected chi connectivity index (χ4v) is 2.58. The fourth-order valence-electron chi connectivity index (χ4n) is 2.58. The summed E-state index contributed by atoms with van der Waals surface area (Å²) in [6, 6.07) is 0. The van der Waals surface area contributed by atoms with E-state index in [1.54, 1.807) is 6.20 Å². The monoisotopic (exact) mass is 264 g/mol. The van der Waals surface area contributed by atoms with Crippen LogP contribution in [0.15, 0.2) is 12.4 Å². The molecular formula is C14H24N4O. The quantitative estimate of drug-likeness (QED) is 0.877. The number of nitrogens with zero attached hydrogens (tertiary/aromatic N) is 3. The Kier molecular flexibility index (Phi) is 4.24. The molecule has 1 N–H and O–H groups in total. The van der Waals surface area contributed by atoms with Crippen molar-refractivity contribution in [1.29, 1.82) is 0 Å². The first-order chi connectivity index (χ1) is 9.02. The molecule has 0 aromatic carbocycles. The van der Waals surface area contributed by atoms with Crippen LogP contribution in [0.5, 0.6) is 5.88 Å². The highest BCUT2D eigenvalue weighted by molar-refractivity contribution is 5.39. The van der Waals surface area contributed by atoms with Crippen molar-refractivity contribution in [3.63, 3.8) is 0 Å². The summed E-state index contributed by atoms with van der Waals surface area (Å²) in [5.74, 6) is 1.52.